The minimum Gasteiger partial charge on any atom is -0.395 e. The first-order chi connectivity index (χ1) is 10.2. The molecule has 0 unspecified atom stereocenters. The van der Waals surface area contributed by atoms with Gasteiger partial charge in [0, 0.05) is 17.4 Å². The highest BCUT2D eigenvalue weighted by Crippen LogP contribution is 2.11. The third-order valence-corrected chi connectivity index (χ3v) is 3.23. The molecule has 21 heavy (non-hydrogen) atoms. The minimum atomic E-state index is -0.459. The number of amides is 1. The van der Waals surface area contributed by atoms with Crippen LogP contribution in [0.15, 0.2) is 29.1 Å². The third-order valence-electron chi connectivity index (χ3n) is 2.60. The highest BCUT2D eigenvalue weighted by molar-refractivity contribution is 7.07. The maximum Gasteiger partial charge on any atom is 0.252 e. The molecule has 1 amide bonds. The first-order valence-electron chi connectivity index (χ1n) is 6.25. The van der Waals surface area contributed by atoms with Crippen molar-refractivity contribution in [2.45, 2.75) is 13.0 Å². The topological polar surface area (TPSA) is 62.2 Å². The lowest BCUT2D eigenvalue weighted by molar-refractivity contribution is 0.0950. The van der Waals surface area contributed by atoms with Crippen molar-refractivity contribution < 1.29 is 14.3 Å². The van der Waals surface area contributed by atoms with Crippen LogP contribution in [0.3, 0.4) is 0 Å². The maximum atomic E-state index is 13.3. The van der Waals surface area contributed by atoms with Gasteiger partial charge in [-0.05, 0) is 18.2 Å². The molecule has 0 spiro atoms. The molecule has 0 radical (unpaired) electrons. The van der Waals surface area contributed by atoms with Gasteiger partial charge in [-0.2, -0.15) is 0 Å². The van der Waals surface area contributed by atoms with Gasteiger partial charge in [0.15, 0.2) is 0 Å². The summed E-state index contributed by atoms with van der Waals surface area (Å²) in [6, 6.07) is 3.83. The zero-order valence-electron chi connectivity index (χ0n) is 11.1. The number of benzene rings is 1. The van der Waals surface area contributed by atoms with Gasteiger partial charge < -0.3 is 10.4 Å². The number of carbonyl (C=O) groups is 1. The molecule has 6 heteroatoms. The molecule has 2 aromatic rings. The summed E-state index contributed by atoms with van der Waals surface area (Å²) in [5.41, 5.74) is 3.06. The molecule has 0 saturated carbocycles. The molecule has 0 aliphatic carbocycles. The molecule has 1 aromatic carbocycles. The predicted octanol–water partition coefficient (Wildman–Crippen LogP) is 1.95. The van der Waals surface area contributed by atoms with Gasteiger partial charge in [-0.15, -0.1) is 11.3 Å². The quantitative estimate of drug-likeness (QED) is 0.849. The van der Waals surface area contributed by atoms with Crippen molar-refractivity contribution in [3.63, 3.8) is 0 Å². The first-order valence-corrected chi connectivity index (χ1v) is 7.19. The summed E-state index contributed by atoms with van der Waals surface area (Å²) < 4.78 is 13.3. The van der Waals surface area contributed by atoms with E-state index >= 15 is 0 Å². The number of hydrogen-bond acceptors (Lipinski definition) is 4. The number of nitrogens with one attached hydrogen (secondary N) is 1. The molecule has 2 N–H and O–H groups in total. The highest BCUT2D eigenvalue weighted by atomic mass is 32.1. The molecular weight excluding hydrogens is 291 g/mol. The molecular formula is C15H13FN2O2S. The Kier molecular flexibility index (Phi) is 5.43. The molecule has 0 atom stereocenters. The molecule has 0 aliphatic rings. The van der Waals surface area contributed by atoms with Gasteiger partial charge >= 0.3 is 0 Å². The van der Waals surface area contributed by atoms with Crippen LogP contribution >= 0.6 is 11.3 Å². The van der Waals surface area contributed by atoms with E-state index in [4.69, 9.17) is 5.11 Å². The van der Waals surface area contributed by atoms with E-state index in [9.17, 15) is 9.18 Å². The van der Waals surface area contributed by atoms with E-state index in [1.807, 2.05) is 5.38 Å². The minimum absolute atomic E-state index is 0.0757. The molecule has 2 rings (SSSR count). The van der Waals surface area contributed by atoms with Crippen LogP contribution in [0.2, 0.25) is 0 Å². The second kappa shape index (κ2) is 7.53. The van der Waals surface area contributed by atoms with Crippen LogP contribution in [-0.2, 0) is 6.54 Å². The number of halogens is 1. The molecule has 0 saturated heterocycles. The number of carbonyl (C=O) groups excluding carboxylic acids is 1. The highest BCUT2D eigenvalue weighted by Gasteiger charge is 2.11. The zero-order chi connectivity index (χ0) is 15.1. The normalized spacial score (nSPS) is 9.81. The van der Waals surface area contributed by atoms with Gasteiger partial charge in [-0.3, -0.25) is 4.79 Å². The van der Waals surface area contributed by atoms with E-state index in [1.165, 1.54) is 29.5 Å². The van der Waals surface area contributed by atoms with E-state index in [0.29, 0.717) is 17.7 Å². The van der Waals surface area contributed by atoms with Crippen molar-refractivity contribution in [1.82, 2.24) is 10.3 Å². The number of thiazole rings is 1. The average molecular weight is 304 g/mol. The Labute approximate surface area is 125 Å². The fraction of sp³-hybridized carbons (Fsp3) is 0.200. The van der Waals surface area contributed by atoms with Crippen LogP contribution in [0.4, 0.5) is 4.39 Å². The van der Waals surface area contributed by atoms with Gasteiger partial charge in [0.25, 0.3) is 5.91 Å². The van der Waals surface area contributed by atoms with Gasteiger partial charge in [-0.25, -0.2) is 9.37 Å². The smallest absolute Gasteiger partial charge is 0.252 e. The van der Waals surface area contributed by atoms with Gasteiger partial charge in [0.2, 0.25) is 0 Å². The van der Waals surface area contributed by atoms with E-state index < -0.39 is 5.82 Å². The lowest BCUT2D eigenvalue weighted by Gasteiger charge is -2.06. The van der Waals surface area contributed by atoms with Gasteiger partial charge in [0.05, 0.1) is 29.9 Å². The van der Waals surface area contributed by atoms with E-state index in [-0.39, 0.29) is 18.9 Å². The number of rotatable bonds is 4. The van der Waals surface area contributed by atoms with Crippen molar-refractivity contribution in [2.75, 3.05) is 6.61 Å². The summed E-state index contributed by atoms with van der Waals surface area (Å²) in [7, 11) is 0. The molecule has 0 aliphatic heterocycles. The molecule has 1 aromatic heterocycles. The van der Waals surface area contributed by atoms with Crippen LogP contribution < -0.4 is 5.32 Å². The number of hydrogen-bond donors (Lipinski definition) is 2. The third kappa shape index (κ3) is 4.38. The van der Waals surface area contributed by atoms with E-state index in [0.717, 1.165) is 5.69 Å². The fourth-order valence-corrected chi connectivity index (χ4v) is 2.18. The van der Waals surface area contributed by atoms with Crippen LogP contribution in [0.25, 0.3) is 0 Å². The monoisotopic (exact) mass is 304 g/mol. The average Bonchev–Trinajstić information content (AvgIpc) is 2.98. The summed E-state index contributed by atoms with van der Waals surface area (Å²) in [5, 5.41) is 13.3. The van der Waals surface area contributed by atoms with E-state index in [2.05, 4.69) is 22.1 Å². The number of nitrogens with zero attached hydrogens (tertiary/aromatic N) is 1. The Morgan fingerprint density at radius 3 is 3.05 bits per heavy atom. The second-order valence-corrected chi connectivity index (χ2v) is 4.85. The lowest BCUT2D eigenvalue weighted by Crippen LogP contribution is -2.23. The molecule has 0 fully saturated rings. The predicted molar refractivity (Wildman–Crippen MR) is 78.3 cm³/mol. The van der Waals surface area contributed by atoms with Gasteiger partial charge in [0.1, 0.15) is 5.82 Å². The lowest BCUT2D eigenvalue weighted by atomic mass is 10.1. The van der Waals surface area contributed by atoms with Crippen molar-refractivity contribution in [3.05, 3.63) is 51.7 Å². The first kappa shape index (κ1) is 15.2. The van der Waals surface area contributed by atoms with Crippen molar-refractivity contribution >= 4 is 17.2 Å². The molecule has 1 heterocycles. The Morgan fingerprint density at radius 2 is 2.33 bits per heavy atom. The Hall–Kier alpha value is -2.23. The van der Waals surface area contributed by atoms with Crippen molar-refractivity contribution in [2.24, 2.45) is 0 Å². The largest absolute Gasteiger partial charge is 0.395 e. The van der Waals surface area contributed by atoms with Crippen LogP contribution in [0.1, 0.15) is 28.0 Å². The van der Waals surface area contributed by atoms with Crippen LogP contribution in [0.5, 0.6) is 0 Å². The maximum absolute atomic E-state index is 13.3. The van der Waals surface area contributed by atoms with Crippen molar-refractivity contribution in [3.8, 4) is 11.8 Å². The number of aromatic nitrogens is 1. The van der Waals surface area contributed by atoms with Gasteiger partial charge in [-0.1, -0.05) is 11.8 Å². The summed E-state index contributed by atoms with van der Waals surface area (Å²) in [5.74, 6) is 4.60. The van der Waals surface area contributed by atoms with E-state index in [1.54, 1.807) is 5.51 Å². The Bertz CT molecular complexity index is 675. The summed E-state index contributed by atoms with van der Waals surface area (Å²) in [6.45, 7) is 0.233. The molecule has 108 valence electrons. The number of aliphatic hydroxyl groups excluding tert-OH is 1. The zero-order valence-corrected chi connectivity index (χ0v) is 11.9. The van der Waals surface area contributed by atoms with Crippen LogP contribution in [0, 0.1) is 17.7 Å². The second-order valence-electron chi connectivity index (χ2n) is 4.13. The molecule has 0 bridgehead atoms. The summed E-state index contributed by atoms with van der Waals surface area (Å²) >= 11 is 1.45. The standard InChI is InChI=1S/C15H13FN2O2S/c16-12-4-5-14(11(7-12)3-1-2-6-19)15(20)17-8-13-9-21-10-18-13/h4-5,7,9-10,19H,2,6,8H2,(H,17,20). The molecule has 4 nitrogen and oxygen atoms in total. The fourth-order valence-electron chi connectivity index (χ4n) is 1.62. The summed E-state index contributed by atoms with van der Waals surface area (Å²) in [4.78, 5) is 16.2. The Balaban J connectivity index is 2.14. The SMILES string of the molecule is O=C(NCc1cscn1)c1ccc(F)cc1C#CCCO. The summed E-state index contributed by atoms with van der Waals surface area (Å²) in [6.07, 6.45) is 0.274. The van der Waals surface area contributed by atoms with Crippen LogP contribution in [-0.4, -0.2) is 22.6 Å². The Morgan fingerprint density at radius 1 is 1.48 bits per heavy atom. The number of aliphatic hydroxyl groups is 1. The van der Waals surface area contributed by atoms with Crippen molar-refractivity contribution in [1.29, 1.82) is 0 Å².